The zero-order chi connectivity index (χ0) is 13.4. The minimum Gasteiger partial charge on any atom is -0.480 e. The standard InChI is InChI=1S/C15H13NO3/c16-12(15(17)18)8-9-4-3-6-11-10-5-1-2-7-13(10)19-14(9)11/h1-7,12H,8,16H2,(H,17,18). The fraction of sp³-hybridized carbons (Fsp3) is 0.133. The van der Waals surface area contributed by atoms with Crippen molar-refractivity contribution in [1.82, 2.24) is 0 Å². The lowest BCUT2D eigenvalue weighted by Gasteiger charge is -2.06. The number of carboxylic acids is 1. The van der Waals surface area contributed by atoms with E-state index in [1.807, 2.05) is 42.5 Å². The lowest BCUT2D eigenvalue weighted by Crippen LogP contribution is -2.32. The van der Waals surface area contributed by atoms with Crippen molar-refractivity contribution >= 4 is 27.9 Å². The van der Waals surface area contributed by atoms with Crippen molar-refractivity contribution in [2.24, 2.45) is 5.73 Å². The van der Waals surface area contributed by atoms with Gasteiger partial charge in [-0.1, -0.05) is 36.4 Å². The summed E-state index contributed by atoms with van der Waals surface area (Å²) in [6, 6.07) is 12.6. The number of benzene rings is 2. The van der Waals surface area contributed by atoms with Gasteiger partial charge in [0, 0.05) is 17.2 Å². The van der Waals surface area contributed by atoms with E-state index in [1.54, 1.807) is 0 Å². The van der Waals surface area contributed by atoms with Gasteiger partial charge in [0.05, 0.1) is 0 Å². The number of carboxylic acid groups (broad SMARTS) is 1. The molecule has 19 heavy (non-hydrogen) atoms. The lowest BCUT2D eigenvalue weighted by atomic mass is 10.0. The summed E-state index contributed by atoms with van der Waals surface area (Å²) in [5, 5.41) is 10.9. The van der Waals surface area contributed by atoms with Crippen molar-refractivity contribution in [3.05, 3.63) is 48.0 Å². The molecule has 0 aliphatic carbocycles. The normalized spacial score (nSPS) is 12.9. The van der Waals surface area contributed by atoms with Crippen LogP contribution >= 0.6 is 0 Å². The Morgan fingerprint density at radius 3 is 2.68 bits per heavy atom. The third-order valence-electron chi connectivity index (χ3n) is 3.24. The highest BCUT2D eigenvalue weighted by Gasteiger charge is 2.16. The number of hydrogen-bond acceptors (Lipinski definition) is 3. The Labute approximate surface area is 109 Å². The summed E-state index contributed by atoms with van der Waals surface area (Å²) in [5.74, 6) is -1.01. The zero-order valence-electron chi connectivity index (χ0n) is 10.2. The van der Waals surface area contributed by atoms with Crippen molar-refractivity contribution in [1.29, 1.82) is 0 Å². The van der Waals surface area contributed by atoms with Crippen molar-refractivity contribution in [3.63, 3.8) is 0 Å². The van der Waals surface area contributed by atoms with Gasteiger partial charge < -0.3 is 15.3 Å². The van der Waals surface area contributed by atoms with Gasteiger partial charge in [0.2, 0.25) is 0 Å². The van der Waals surface area contributed by atoms with E-state index < -0.39 is 12.0 Å². The monoisotopic (exact) mass is 255 g/mol. The molecule has 0 saturated carbocycles. The summed E-state index contributed by atoms with van der Waals surface area (Å²) in [6.07, 6.45) is 0.256. The number of aliphatic carboxylic acids is 1. The molecular weight excluding hydrogens is 242 g/mol. The molecule has 0 fully saturated rings. The van der Waals surface area contributed by atoms with Gasteiger partial charge in [-0.15, -0.1) is 0 Å². The molecule has 0 aliphatic rings. The molecule has 1 heterocycles. The third kappa shape index (κ3) is 1.96. The Bertz CT molecular complexity index is 760. The molecule has 0 aliphatic heterocycles. The van der Waals surface area contributed by atoms with E-state index in [0.717, 1.165) is 27.5 Å². The summed E-state index contributed by atoms with van der Waals surface area (Å²) >= 11 is 0. The minimum absolute atomic E-state index is 0.256. The summed E-state index contributed by atoms with van der Waals surface area (Å²) in [5.41, 5.74) is 7.94. The van der Waals surface area contributed by atoms with Gasteiger partial charge >= 0.3 is 5.97 Å². The highest BCUT2D eigenvalue weighted by molar-refractivity contribution is 6.05. The van der Waals surface area contributed by atoms with Crippen LogP contribution in [-0.4, -0.2) is 17.1 Å². The maximum Gasteiger partial charge on any atom is 0.320 e. The average molecular weight is 255 g/mol. The molecule has 3 N–H and O–H groups in total. The van der Waals surface area contributed by atoms with Crippen LogP contribution in [0.5, 0.6) is 0 Å². The van der Waals surface area contributed by atoms with Crippen LogP contribution in [0.2, 0.25) is 0 Å². The first kappa shape index (κ1) is 11.7. The lowest BCUT2D eigenvalue weighted by molar-refractivity contribution is -0.138. The van der Waals surface area contributed by atoms with Gasteiger partial charge in [-0.25, -0.2) is 0 Å². The van der Waals surface area contributed by atoms with Crippen molar-refractivity contribution in [3.8, 4) is 0 Å². The Morgan fingerprint density at radius 1 is 1.16 bits per heavy atom. The fourth-order valence-electron chi connectivity index (χ4n) is 2.29. The second-order valence-corrected chi connectivity index (χ2v) is 4.54. The van der Waals surface area contributed by atoms with Crippen LogP contribution in [0, 0.1) is 0 Å². The molecule has 0 spiro atoms. The molecule has 0 saturated heterocycles. The average Bonchev–Trinajstić information content (AvgIpc) is 2.78. The molecule has 1 aromatic heterocycles. The van der Waals surface area contributed by atoms with E-state index in [0.29, 0.717) is 0 Å². The largest absolute Gasteiger partial charge is 0.480 e. The van der Waals surface area contributed by atoms with E-state index in [4.69, 9.17) is 15.3 Å². The molecule has 3 rings (SSSR count). The molecule has 4 heteroatoms. The predicted octanol–water partition coefficient (Wildman–Crippen LogP) is 2.54. The third-order valence-corrected chi connectivity index (χ3v) is 3.24. The number of fused-ring (bicyclic) bond motifs is 3. The first-order valence-corrected chi connectivity index (χ1v) is 6.04. The smallest absolute Gasteiger partial charge is 0.320 e. The van der Waals surface area contributed by atoms with Crippen LogP contribution in [0.1, 0.15) is 5.56 Å². The number of nitrogens with two attached hydrogens (primary N) is 1. The van der Waals surface area contributed by atoms with Crippen molar-refractivity contribution in [2.45, 2.75) is 12.5 Å². The molecule has 1 atom stereocenters. The van der Waals surface area contributed by atoms with E-state index in [2.05, 4.69) is 0 Å². The van der Waals surface area contributed by atoms with Crippen molar-refractivity contribution in [2.75, 3.05) is 0 Å². The van der Waals surface area contributed by atoms with Crippen molar-refractivity contribution < 1.29 is 14.3 Å². The Kier molecular flexibility index (Phi) is 2.72. The van der Waals surface area contributed by atoms with Crippen LogP contribution in [0.3, 0.4) is 0 Å². The SMILES string of the molecule is NC(Cc1cccc2c1oc1ccccc12)C(=O)O. The van der Waals surface area contributed by atoms with Crippen LogP contribution in [-0.2, 0) is 11.2 Å². The number of furan rings is 1. The van der Waals surface area contributed by atoms with Gasteiger partial charge in [0.1, 0.15) is 17.2 Å². The molecular formula is C15H13NO3. The number of para-hydroxylation sites is 2. The molecule has 4 nitrogen and oxygen atoms in total. The molecule has 96 valence electrons. The summed E-state index contributed by atoms with van der Waals surface area (Å²) in [7, 11) is 0. The maximum absolute atomic E-state index is 10.9. The quantitative estimate of drug-likeness (QED) is 0.754. The molecule has 2 aromatic carbocycles. The number of carbonyl (C=O) groups is 1. The second kappa shape index (κ2) is 4.40. The van der Waals surface area contributed by atoms with Gasteiger partial charge in [0.15, 0.2) is 0 Å². The Hall–Kier alpha value is -2.33. The first-order chi connectivity index (χ1) is 9.16. The molecule has 0 bridgehead atoms. The predicted molar refractivity (Wildman–Crippen MR) is 73.0 cm³/mol. The highest BCUT2D eigenvalue weighted by atomic mass is 16.4. The van der Waals surface area contributed by atoms with Gasteiger partial charge in [-0.05, 0) is 11.6 Å². The summed E-state index contributed by atoms with van der Waals surface area (Å²) in [4.78, 5) is 10.9. The fourth-order valence-corrected chi connectivity index (χ4v) is 2.29. The molecule has 1 unspecified atom stereocenters. The maximum atomic E-state index is 10.9. The second-order valence-electron chi connectivity index (χ2n) is 4.54. The minimum atomic E-state index is -1.01. The first-order valence-electron chi connectivity index (χ1n) is 6.04. The molecule has 0 radical (unpaired) electrons. The van der Waals surface area contributed by atoms with Crippen LogP contribution in [0.25, 0.3) is 21.9 Å². The van der Waals surface area contributed by atoms with E-state index in [1.165, 1.54) is 0 Å². The van der Waals surface area contributed by atoms with Gasteiger partial charge in [-0.3, -0.25) is 4.79 Å². The summed E-state index contributed by atoms with van der Waals surface area (Å²) < 4.78 is 5.82. The van der Waals surface area contributed by atoms with Gasteiger partial charge in [0.25, 0.3) is 0 Å². The van der Waals surface area contributed by atoms with Gasteiger partial charge in [-0.2, -0.15) is 0 Å². The summed E-state index contributed by atoms with van der Waals surface area (Å²) in [6.45, 7) is 0. The van der Waals surface area contributed by atoms with E-state index >= 15 is 0 Å². The van der Waals surface area contributed by atoms with Crippen LogP contribution in [0.15, 0.2) is 46.9 Å². The van der Waals surface area contributed by atoms with E-state index in [-0.39, 0.29) is 6.42 Å². The number of rotatable bonds is 3. The van der Waals surface area contributed by atoms with Crippen LogP contribution in [0.4, 0.5) is 0 Å². The molecule has 0 amide bonds. The molecule has 3 aromatic rings. The Balaban J connectivity index is 2.18. The van der Waals surface area contributed by atoms with E-state index in [9.17, 15) is 4.79 Å². The Morgan fingerprint density at radius 2 is 1.89 bits per heavy atom. The van der Waals surface area contributed by atoms with Crippen LogP contribution < -0.4 is 5.73 Å². The highest BCUT2D eigenvalue weighted by Crippen LogP contribution is 2.30. The number of hydrogen-bond donors (Lipinski definition) is 2. The zero-order valence-corrected chi connectivity index (χ0v) is 10.2. The topological polar surface area (TPSA) is 76.5 Å².